The number of rotatable bonds is 3. The molecule has 0 radical (unpaired) electrons. The first-order valence-electron chi connectivity index (χ1n) is 4.89. The Hall–Kier alpha value is -1.95. The second-order valence-electron chi connectivity index (χ2n) is 3.33. The Labute approximate surface area is 103 Å². The molecule has 1 N–H and O–H groups in total. The van der Waals surface area contributed by atoms with Crippen LogP contribution in [0.5, 0.6) is 0 Å². The van der Waals surface area contributed by atoms with Crippen molar-refractivity contribution in [1.82, 2.24) is 19.7 Å². The molecule has 6 nitrogen and oxygen atoms in total. The molecule has 0 saturated heterocycles. The number of nitrogens with one attached hydrogen (secondary N) is 1. The monoisotopic (exact) mass is 251 g/mol. The summed E-state index contributed by atoms with van der Waals surface area (Å²) in [5, 5.41) is 6.89. The topological polar surface area (TPSA) is 72.7 Å². The largest absolute Gasteiger partial charge is 0.309 e. The second-order valence-corrected chi connectivity index (χ2v) is 3.60. The van der Waals surface area contributed by atoms with Crippen LogP contribution in [-0.2, 0) is 4.79 Å². The van der Waals surface area contributed by atoms with Crippen LogP contribution in [0.3, 0.4) is 0 Å². The molecule has 2 rings (SSSR count). The third-order valence-electron chi connectivity index (χ3n) is 2.00. The van der Waals surface area contributed by atoms with Gasteiger partial charge in [-0.25, -0.2) is 9.97 Å². The fraction of sp³-hybridized carbons (Fsp3) is 0.200. The Morgan fingerprint density at radius 2 is 2.41 bits per heavy atom. The molecule has 88 valence electrons. The Balaban J connectivity index is 2.37. The summed E-state index contributed by atoms with van der Waals surface area (Å²) >= 11 is 5.44. The number of anilines is 1. The van der Waals surface area contributed by atoms with E-state index in [9.17, 15) is 4.79 Å². The van der Waals surface area contributed by atoms with Crippen LogP contribution >= 0.6 is 11.6 Å². The van der Waals surface area contributed by atoms with E-state index in [0.717, 1.165) is 5.69 Å². The molecule has 0 aliphatic rings. The number of alkyl halides is 1. The van der Waals surface area contributed by atoms with Crippen LogP contribution in [0.4, 0.5) is 5.82 Å². The molecule has 0 fully saturated rings. The predicted octanol–water partition coefficient (Wildman–Crippen LogP) is 1.15. The smallest absolute Gasteiger partial charge is 0.240 e. The van der Waals surface area contributed by atoms with Gasteiger partial charge >= 0.3 is 0 Å². The Morgan fingerprint density at radius 1 is 1.59 bits per heavy atom. The van der Waals surface area contributed by atoms with Crippen LogP contribution in [0.25, 0.3) is 5.82 Å². The van der Waals surface area contributed by atoms with E-state index in [-0.39, 0.29) is 11.8 Å². The van der Waals surface area contributed by atoms with Gasteiger partial charge in [0.05, 0.1) is 5.69 Å². The summed E-state index contributed by atoms with van der Waals surface area (Å²) in [6.45, 7) is 1.83. The molecule has 1 amide bonds. The molecular weight excluding hydrogens is 242 g/mol. The lowest BCUT2D eigenvalue weighted by Gasteiger charge is -2.06. The lowest BCUT2D eigenvalue weighted by Crippen LogP contribution is -2.16. The molecule has 7 heteroatoms. The van der Waals surface area contributed by atoms with Crippen LogP contribution in [0.1, 0.15) is 5.69 Å². The van der Waals surface area contributed by atoms with Crippen LogP contribution in [0, 0.1) is 6.92 Å². The number of aromatic nitrogens is 4. The molecule has 0 spiro atoms. The van der Waals surface area contributed by atoms with E-state index in [2.05, 4.69) is 20.4 Å². The predicted molar refractivity (Wildman–Crippen MR) is 63.2 cm³/mol. The summed E-state index contributed by atoms with van der Waals surface area (Å²) in [7, 11) is 0. The normalized spacial score (nSPS) is 10.2. The van der Waals surface area contributed by atoms with Gasteiger partial charge in [-0.15, -0.1) is 11.6 Å². The zero-order valence-corrected chi connectivity index (χ0v) is 9.85. The van der Waals surface area contributed by atoms with Crippen molar-refractivity contribution in [3.05, 3.63) is 30.4 Å². The lowest BCUT2D eigenvalue weighted by molar-refractivity contribution is -0.113. The number of carbonyl (C=O) groups is 1. The van der Waals surface area contributed by atoms with Gasteiger partial charge in [0.15, 0.2) is 5.82 Å². The molecule has 0 aliphatic heterocycles. The van der Waals surface area contributed by atoms with Crippen molar-refractivity contribution in [2.45, 2.75) is 6.92 Å². The zero-order valence-electron chi connectivity index (χ0n) is 9.09. The van der Waals surface area contributed by atoms with Gasteiger partial charge in [-0.3, -0.25) is 4.79 Å². The first kappa shape index (κ1) is 11.5. The van der Waals surface area contributed by atoms with Gasteiger partial charge in [0.1, 0.15) is 18.0 Å². The molecule has 2 heterocycles. The number of carbonyl (C=O) groups excluding carboxylic acids is 1. The number of hydrogen-bond donors (Lipinski definition) is 1. The number of amides is 1. The van der Waals surface area contributed by atoms with Crippen molar-refractivity contribution in [2.24, 2.45) is 0 Å². The second kappa shape index (κ2) is 4.92. The third kappa shape index (κ3) is 2.59. The maximum absolute atomic E-state index is 11.3. The number of halogens is 1. The quantitative estimate of drug-likeness (QED) is 0.831. The summed E-state index contributed by atoms with van der Waals surface area (Å²) in [4.78, 5) is 19.1. The zero-order chi connectivity index (χ0) is 12.3. The van der Waals surface area contributed by atoms with Crippen LogP contribution < -0.4 is 5.32 Å². The van der Waals surface area contributed by atoms with E-state index in [0.29, 0.717) is 11.6 Å². The van der Waals surface area contributed by atoms with Crippen LogP contribution in [0.15, 0.2) is 24.7 Å². The Morgan fingerprint density at radius 3 is 3.06 bits per heavy atom. The van der Waals surface area contributed by atoms with Gasteiger partial charge in [0, 0.05) is 18.3 Å². The van der Waals surface area contributed by atoms with Crippen molar-refractivity contribution in [3.8, 4) is 5.82 Å². The molecule has 2 aromatic rings. The standard InChI is InChI=1S/C10H10ClN5O/c1-7-4-9(14-10(17)5-11)16(15-7)8-2-3-12-6-13-8/h2-4,6H,5H2,1H3,(H,14,17). The Bertz CT molecular complexity index is 525. The molecule has 0 saturated carbocycles. The molecular formula is C10H10ClN5O. The van der Waals surface area contributed by atoms with E-state index < -0.39 is 0 Å². The van der Waals surface area contributed by atoms with Gasteiger partial charge in [-0.1, -0.05) is 0 Å². The highest BCUT2D eigenvalue weighted by Crippen LogP contribution is 2.14. The van der Waals surface area contributed by atoms with Crippen LogP contribution in [0.2, 0.25) is 0 Å². The number of nitrogens with zero attached hydrogens (tertiary/aromatic N) is 4. The maximum Gasteiger partial charge on any atom is 0.240 e. The minimum atomic E-state index is -0.290. The third-order valence-corrected chi connectivity index (χ3v) is 2.25. The molecule has 0 aromatic carbocycles. The Kier molecular flexibility index (Phi) is 3.34. The SMILES string of the molecule is Cc1cc(NC(=O)CCl)n(-c2ccncn2)n1. The van der Waals surface area contributed by atoms with Gasteiger partial charge in [-0.05, 0) is 6.92 Å². The van der Waals surface area contributed by atoms with Crippen molar-refractivity contribution in [2.75, 3.05) is 11.2 Å². The van der Waals surface area contributed by atoms with E-state index in [1.54, 1.807) is 18.3 Å². The van der Waals surface area contributed by atoms with Crippen molar-refractivity contribution in [1.29, 1.82) is 0 Å². The average molecular weight is 252 g/mol. The fourth-order valence-electron chi connectivity index (χ4n) is 1.35. The first-order valence-corrected chi connectivity index (χ1v) is 5.43. The molecule has 17 heavy (non-hydrogen) atoms. The van der Waals surface area contributed by atoms with E-state index in [1.165, 1.54) is 11.0 Å². The molecule has 0 aliphatic carbocycles. The highest BCUT2D eigenvalue weighted by molar-refractivity contribution is 6.29. The highest BCUT2D eigenvalue weighted by atomic mass is 35.5. The molecule has 0 bridgehead atoms. The van der Waals surface area contributed by atoms with Crippen molar-refractivity contribution in [3.63, 3.8) is 0 Å². The van der Waals surface area contributed by atoms with Crippen LogP contribution in [-0.4, -0.2) is 31.5 Å². The van der Waals surface area contributed by atoms with Crippen molar-refractivity contribution < 1.29 is 4.79 Å². The van der Waals surface area contributed by atoms with Gasteiger partial charge < -0.3 is 5.32 Å². The van der Waals surface area contributed by atoms with E-state index >= 15 is 0 Å². The first-order chi connectivity index (χ1) is 8.20. The maximum atomic E-state index is 11.3. The van der Waals surface area contributed by atoms with Gasteiger partial charge in [0.25, 0.3) is 0 Å². The minimum absolute atomic E-state index is 0.103. The molecule has 2 aromatic heterocycles. The van der Waals surface area contributed by atoms with E-state index in [4.69, 9.17) is 11.6 Å². The lowest BCUT2D eigenvalue weighted by atomic mass is 10.4. The summed E-state index contributed by atoms with van der Waals surface area (Å²) in [5.74, 6) is 0.722. The van der Waals surface area contributed by atoms with Crippen molar-refractivity contribution >= 4 is 23.3 Å². The molecule has 0 atom stereocenters. The van der Waals surface area contributed by atoms with E-state index in [1.807, 2.05) is 6.92 Å². The van der Waals surface area contributed by atoms with Gasteiger partial charge in [0.2, 0.25) is 5.91 Å². The average Bonchev–Trinajstić information content (AvgIpc) is 2.71. The highest BCUT2D eigenvalue weighted by Gasteiger charge is 2.10. The summed E-state index contributed by atoms with van der Waals surface area (Å²) in [5.41, 5.74) is 0.772. The number of hydrogen-bond acceptors (Lipinski definition) is 4. The fourth-order valence-corrected chi connectivity index (χ4v) is 1.42. The summed E-state index contributed by atoms with van der Waals surface area (Å²) in [6, 6.07) is 3.44. The summed E-state index contributed by atoms with van der Waals surface area (Å²) < 4.78 is 1.53. The summed E-state index contributed by atoms with van der Waals surface area (Å²) in [6.07, 6.45) is 3.02. The number of aryl methyl sites for hydroxylation is 1. The molecule has 0 unspecified atom stereocenters. The van der Waals surface area contributed by atoms with Gasteiger partial charge in [-0.2, -0.15) is 9.78 Å². The minimum Gasteiger partial charge on any atom is -0.309 e.